The second-order valence-corrected chi connectivity index (χ2v) is 14.5. The zero-order valence-electron chi connectivity index (χ0n) is 23.6. The van der Waals surface area contributed by atoms with E-state index < -0.39 is 0 Å². The summed E-state index contributed by atoms with van der Waals surface area (Å²) in [6, 6.07) is 0. The number of piperidine rings is 1. The number of nitrogens with zero attached hydrogens (tertiary/aromatic N) is 1. The molecular weight excluding hydrogens is 450 g/mol. The van der Waals surface area contributed by atoms with Crippen molar-refractivity contribution in [2.45, 2.75) is 124 Å². The lowest BCUT2D eigenvalue weighted by Crippen LogP contribution is -2.60. The molecule has 202 valence electrons. The number of likely N-dealkylation sites (tertiary alicyclic amines) is 1. The van der Waals surface area contributed by atoms with Gasteiger partial charge in [0.15, 0.2) is 0 Å². The van der Waals surface area contributed by atoms with E-state index in [-0.39, 0.29) is 23.7 Å². The average Bonchev–Trinajstić information content (AvgIpc) is 3.26. The van der Waals surface area contributed by atoms with Crippen molar-refractivity contribution in [3.8, 4) is 0 Å². The molecule has 0 aromatic carbocycles. The van der Waals surface area contributed by atoms with Crippen LogP contribution in [0.5, 0.6) is 0 Å². The van der Waals surface area contributed by atoms with Gasteiger partial charge in [0, 0.05) is 26.3 Å². The van der Waals surface area contributed by atoms with Crippen LogP contribution >= 0.6 is 0 Å². The maximum absolute atomic E-state index is 12.8. The molecule has 4 saturated carbocycles. The molecule has 6 rings (SSSR count). The summed E-state index contributed by atoms with van der Waals surface area (Å²) >= 11 is 0. The summed E-state index contributed by atoms with van der Waals surface area (Å²) in [5.74, 6) is 4.60. The lowest BCUT2D eigenvalue weighted by Gasteiger charge is -2.61. The van der Waals surface area contributed by atoms with Crippen molar-refractivity contribution in [2.75, 3.05) is 6.54 Å². The molecule has 36 heavy (non-hydrogen) atoms. The number of rotatable bonds is 1. The highest BCUT2D eigenvalue weighted by atomic mass is 16.5. The molecule has 0 bridgehead atoms. The Kier molecular flexibility index (Phi) is 5.91. The van der Waals surface area contributed by atoms with Gasteiger partial charge in [-0.15, -0.1) is 0 Å². The Balaban J connectivity index is 1.23. The summed E-state index contributed by atoms with van der Waals surface area (Å²) in [6.07, 6.45) is 12.3. The fourth-order valence-corrected chi connectivity index (χ4v) is 11.4. The Morgan fingerprint density at radius 2 is 1.64 bits per heavy atom. The molecule has 5 heteroatoms. The molecule has 5 nitrogen and oxygen atoms in total. The van der Waals surface area contributed by atoms with Gasteiger partial charge in [0.1, 0.15) is 11.8 Å². The third kappa shape index (κ3) is 3.42. The van der Waals surface area contributed by atoms with Gasteiger partial charge in [0.25, 0.3) is 0 Å². The van der Waals surface area contributed by atoms with E-state index in [1.165, 1.54) is 38.5 Å². The Morgan fingerprint density at radius 3 is 2.36 bits per heavy atom. The molecule has 4 aliphatic carbocycles. The highest BCUT2D eigenvalue weighted by Crippen LogP contribution is 2.71. The minimum absolute atomic E-state index is 0.120. The largest absolute Gasteiger partial charge is 0.463 e. The molecule has 0 aromatic rings. The predicted molar refractivity (Wildman–Crippen MR) is 139 cm³/mol. The van der Waals surface area contributed by atoms with Crippen molar-refractivity contribution in [3.05, 3.63) is 0 Å². The number of hydrogen-bond donors (Lipinski definition) is 0. The van der Waals surface area contributed by atoms with Gasteiger partial charge < -0.3 is 14.4 Å². The SMILES string of the molecule is CC(=O)O[C@H]1CC[C@@]2(C)[C@@H](CC[C@@H]3[C@@H]2CC[C@]2(C)[C@@H]4[C@H](C[C@@H]32)OC2(CCC(C)CN2C(C)=O)[C@H]4C)C1. The molecule has 2 unspecified atom stereocenters. The fourth-order valence-electron chi connectivity index (χ4n) is 11.4. The molecule has 6 fully saturated rings. The minimum Gasteiger partial charge on any atom is -0.463 e. The normalized spacial score (nSPS) is 53.8. The maximum atomic E-state index is 12.8. The van der Waals surface area contributed by atoms with Crippen LogP contribution in [0, 0.1) is 52.3 Å². The minimum atomic E-state index is -0.378. The van der Waals surface area contributed by atoms with E-state index in [2.05, 4.69) is 32.6 Å². The van der Waals surface area contributed by atoms with Crippen LogP contribution < -0.4 is 0 Å². The van der Waals surface area contributed by atoms with E-state index in [4.69, 9.17) is 9.47 Å². The third-order valence-corrected chi connectivity index (χ3v) is 13.0. The summed E-state index contributed by atoms with van der Waals surface area (Å²) in [7, 11) is 0. The molecule has 2 aliphatic heterocycles. The monoisotopic (exact) mass is 499 g/mol. The van der Waals surface area contributed by atoms with Crippen LogP contribution in [0.15, 0.2) is 0 Å². The van der Waals surface area contributed by atoms with Crippen molar-refractivity contribution in [3.63, 3.8) is 0 Å². The Morgan fingerprint density at radius 1 is 0.889 bits per heavy atom. The lowest BCUT2D eigenvalue weighted by molar-refractivity contribution is -0.201. The molecule has 0 N–H and O–H groups in total. The molecule has 12 atom stereocenters. The number of esters is 1. The zero-order chi connectivity index (χ0) is 25.6. The van der Waals surface area contributed by atoms with Gasteiger partial charge >= 0.3 is 5.97 Å². The topological polar surface area (TPSA) is 55.8 Å². The van der Waals surface area contributed by atoms with Crippen LogP contribution in [0.25, 0.3) is 0 Å². The number of carbonyl (C=O) groups is 2. The van der Waals surface area contributed by atoms with Crippen molar-refractivity contribution in [1.29, 1.82) is 0 Å². The molecule has 1 spiro atoms. The average molecular weight is 500 g/mol. The maximum Gasteiger partial charge on any atom is 0.302 e. The predicted octanol–water partition coefficient (Wildman–Crippen LogP) is 6.20. The van der Waals surface area contributed by atoms with Gasteiger partial charge in [0.2, 0.25) is 5.91 Å². The van der Waals surface area contributed by atoms with E-state index in [1.54, 1.807) is 13.8 Å². The summed E-state index contributed by atoms with van der Waals surface area (Å²) in [5, 5.41) is 0. The summed E-state index contributed by atoms with van der Waals surface area (Å²) in [6.45, 7) is 14.0. The van der Waals surface area contributed by atoms with Crippen LogP contribution in [0.4, 0.5) is 0 Å². The first-order valence-corrected chi connectivity index (χ1v) is 15.1. The van der Waals surface area contributed by atoms with E-state index in [0.717, 1.165) is 50.0 Å². The van der Waals surface area contributed by atoms with E-state index >= 15 is 0 Å². The van der Waals surface area contributed by atoms with Gasteiger partial charge in [-0.05, 0) is 111 Å². The second kappa shape index (κ2) is 8.45. The van der Waals surface area contributed by atoms with Crippen molar-refractivity contribution in [1.82, 2.24) is 4.90 Å². The molecular formula is C31H49NO4. The molecule has 6 aliphatic rings. The number of carbonyl (C=O) groups excluding carboxylic acids is 2. The van der Waals surface area contributed by atoms with Crippen LogP contribution in [-0.4, -0.2) is 41.3 Å². The van der Waals surface area contributed by atoms with Crippen molar-refractivity contribution < 1.29 is 19.1 Å². The van der Waals surface area contributed by atoms with E-state index in [9.17, 15) is 9.59 Å². The van der Waals surface area contributed by atoms with Crippen LogP contribution in [0.1, 0.15) is 106 Å². The summed E-state index contributed by atoms with van der Waals surface area (Å²) in [5.41, 5.74) is 0.326. The highest BCUT2D eigenvalue weighted by Gasteiger charge is 2.70. The Labute approximate surface area is 218 Å². The summed E-state index contributed by atoms with van der Waals surface area (Å²) in [4.78, 5) is 26.5. The van der Waals surface area contributed by atoms with Crippen LogP contribution in [0.3, 0.4) is 0 Å². The van der Waals surface area contributed by atoms with Crippen LogP contribution in [0.2, 0.25) is 0 Å². The number of hydrogen-bond acceptors (Lipinski definition) is 4. The van der Waals surface area contributed by atoms with Crippen molar-refractivity contribution in [2.24, 2.45) is 52.3 Å². The first-order chi connectivity index (χ1) is 17.0. The highest BCUT2D eigenvalue weighted by molar-refractivity contribution is 5.74. The Hall–Kier alpha value is -1.10. The van der Waals surface area contributed by atoms with Crippen molar-refractivity contribution >= 4 is 11.9 Å². The molecule has 0 aromatic heterocycles. The quantitative estimate of drug-likeness (QED) is 0.403. The summed E-state index contributed by atoms with van der Waals surface area (Å²) < 4.78 is 12.8. The number of ether oxygens (including phenoxy) is 2. The molecule has 1 amide bonds. The van der Waals surface area contributed by atoms with E-state index in [0.29, 0.717) is 40.6 Å². The Bertz CT molecular complexity index is 920. The van der Waals surface area contributed by atoms with Gasteiger partial charge in [-0.3, -0.25) is 9.59 Å². The fraction of sp³-hybridized carbons (Fsp3) is 0.935. The smallest absolute Gasteiger partial charge is 0.302 e. The van der Waals surface area contributed by atoms with E-state index in [1.807, 2.05) is 0 Å². The number of amides is 1. The first-order valence-electron chi connectivity index (χ1n) is 15.1. The van der Waals surface area contributed by atoms with Gasteiger partial charge in [0.05, 0.1) is 6.10 Å². The third-order valence-electron chi connectivity index (χ3n) is 13.0. The van der Waals surface area contributed by atoms with Gasteiger partial charge in [-0.1, -0.05) is 27.7 Å². The molecule has 2 saturated heterocycles. The second-order valence-electron chi connectivity index (χ2n) is 14.5. The first kappa shape index (κ1) is 25.2. The standard InChI is InChI=1S/C31H49NO4/c1-18-9-14-31(32(17-18)20(3)33)19(2)28-27(36-31)16-26-24-8-7-22-15-23(35-21(4)34)10-12-29(22,5)25(24)11-13-30(26,28)6/h18-19,22-28H,7-17H2,1-6H3/t18?,19-,22-,23-,24+,25-,26-,27-,28-,29-,30-,31?/m0/s1. The number of fused-ring (bicyclic) bond motifs is 7. The van der Waals surface area contributed by atoms with Crippen LogP contribution in [-0.2, 0) is 19.1 Å². The lowest BCUT2D eigenvalue weighted by atomic mass is 9.44. The van der Waals surface area contributed by atoms with Gasteiger partial charge in [-0.25, -0.2) is 0 Å². The van der Waals surface area contributed by atoms with Gasteiger partial charge in [-0.2, -0.15) is 0 Å². The molecule has 2 heterocycles. The molecule has 0 radical (unpaired) electrons. The zero-order valence-corrected chi connectivity index (χ0v) is 23.6.